The predicted molar refractivity (Wildman–Crippen MR) is 84.1 cm³/mol. The monoisotopic (exact) mass is 353 g/mol. The summed E-state index contributed by atoms with van der Waals surface area (Å²) in [6.45, 7) is 9.29. The van der Waals surface area contributed by atoms with Gasteiger partial charge >= 0.3 is 0 Å². The molecule has 0 saturated heterocycles. The van der Waals surface area contributed by atoms with Crippen LogP contribution in [0.2, 0.25) is 0 Å². The Labute approximate surface area is 133 Å². The second-order valence-corrected chi connectivity index (χ2v) is 6.74. The fraction of sp³-hybridized carbons (Fsp3) is 0.467. The van der Waals surface area contributed by atoms with E-state index in [9.17, 15) is 0 Å². The van der Waals surface area contributed by atoms with Crippen LogP contribution in [0.4, 0.5) is 0 Å². The van der Waals surface area contributed by atoms with Gasteiger partial charge in [0, 0.05) is 19.0 Å². The Kier molecular flexibility index (Phi) is 5.00. The van der Waals surface area contributed by atoms with E-state index in [1.807, 2.05) is 12.1 Å². The number of nitrogens with one attached hydrogen (secondary N) is 1. The van der Waals surface area contributed by atoms with Gasteiger partial charge < -0.3 is 14.6 Å². The molecular formula is C15H20BrN3O2. The molecular weight excluding hydrogens is 334 g/mol. The van der Waals surface area contributed by atoms with Gasteiger partial charge in [0.05, 0.1) is 4.47 Å². The van der Waals surface area contributed by atoms with Crippen molar-refractivity contribution >= 4 is 15.9 Å². The molecule has 5 nitrogen and oxygen atoms in total. The summed E-state index contributed by atoms with van der Waals surface area (Å²) in [6.07, 6.45) is 0. The maximum Gasteiger partial charge on any atom is 0.223 e. The fourth-order valence-electron chi connectivity index (χ4n) is 1.68. The highest BCUT2D eigenvalue weighted by molar-refractivity contribution is 9.10. The molecule has 0 aliphatic carbocycles. The third-order valence-corrected chi connectivity index (χ3v) is 3.37. The minimum atomic E-state index is 0.0954. The summed E-state index contributed by atoms with van der Waals surface area (Å²) in [7, 11) is 0. The van der Waals surface area contributed by atoms with Crippen LogP contribution in [-0.2, 0) is 13.2 Å². The first-order chi connectivity index (χ1) is 9.83. The lowest BCUT2D eigenvalue weighted by Crippen LogP contribution is -2.35. The summed E-state index contributed by atoms with van der Waals surface area (Å²) in [4.78, 5) is 4.10. The van der Waals surface area contributed by atoms with Crippen molar-refractivity contribution in [3.8, 4) is 5.75 Å². The number of benzene rings is 1. The molecule has 0 spiro atoms. The van der Waals surface area contributed by atoms with Gasteiger partial charge in [0.25, 0.3) is 0 Å². The number of nitrogens with zero attached hydrogens (tertiary/aromatic N) is 2. The molecule has 6 heteroatoms. The third kappa shape index (κ3) is 5.13. The van der Waals surface area contributed by atoms with Crippen LogP contribution in [0.15, 0.2) is 27.2 Å². The summed E-state index contributed by atoms with van der Waals surface area (Å²) in [6, 6.07) is 6.03. The van der Waals surface area contributed by atoms with E-state index in [0.717, 1.165) is 16.8 Å². The Hall–Kier alpha value is -1.40. The van der Waals surface area contributed by atoms with Crippen molar-refractivity contribution in [2.45, 2.75) is 46.4 Å². The highest BCUT2D eigenvalue weighted by Gasteiger charge is 2.10. The van der Waals surface area contributed by atoms with Crippen molar-refractivity contribution in [2.75, 3.05) is 0 Å². The van der Waals surface area contributed by atoms with Gasteiger partial charge in [0.1, 0.15) is 5.75 Å². The number of rotatable bonds is 5. The molecule has 21 heavy (non-hydrogen) atoms. The lowest BCUT2D eigenvalue weighted by molar-refractivity contribution is 0.284. The van der Waals surface area contributed by atoms with Gasteiger partial charge in [0.15, 0.2) is 6.61 Å². The van der Waals surface area contributed by atoms with Crippen molar-refractivity contribution in [1.82, 2.24) is 15.5 Å². The molecule has 0 atom stereocenters. The van der Waals surface area contributed by atoms with Crippen LogP contribution < -0.4 is 10.1 Å². The zero-order chi connectivity index (χ0) is 15.5. The van der Waals surface area contributed by atoms with E-state index < -0.39 is 0 Å². The molecule has 1 aromatic heterocycles. The van der Waals surface area contributed by atoms with Crippen LogP contribution in [0, 0.1) is 6.92 Å². The zero-order valence-corrected chi connectivity index (χ0v) is 14.3. The van der Waals surface area contributed by atoms with Gasteiger partial charge in [-0.15, -0.1) is 0 Å². The van der Waals surface area contributed by atoms with E-state index >= 15 is 0 Å². The molecule has 0 radical (unpaired) electrons. The van der Waals surface area contributed by atoms with Crippen molar-refractivity contribution in [2.24, 2.45) is 0 Å². The Morgan fingerprint density at radius 1 is 1.33 bits per heavy atom. The topological polar surface area (TPSA) is 60.2 Å². The van der Waals surface area contributed by atoms with Crippen molar-refractivity contribution in [1.29, 1.82) is 0 Å². The first-order valence-electron chi connectivity index (χ1n) is 6.79. The normalized spacial score (nSPS) is 11.7. The minimum Gasteiger partial charge on any atom is -0.484 e. The smallest absolute Gasteiger partial charge is 0.223 e. The second kappa shape index (κ2) is 6.58. The van der Waals surface area contributed by atoms with E-state index in [-0.39, 0.29) is 12.1 Å². The van der Waals surface area contributed by atoms with E-state index in [1.54, 1.807) is 6.92 Å². The predicted octanol–water partition coefficient (Wildman–Crippen LogP) is 3.61. The Morgan fingerprint density at radius 2 is 2.10 bits per heavy atom. The summed E-state index contributed by atoms with van der Waals surface area (Å²) in [5.74, 6) is 1.84. The molecule has 114 valence electrons. The number of hydrogen-bond donors (Lipinski definition) is 1. The summed E-state index contributed by atoms with van der Waals surface area (Å²) in [5, 5.41) is 7.25. The first-order valence-corrected chi connectivity index (χ1v) is 7.58. The molecule has 0 aliphatic heterocycles. The largest absolute Gasteiger partial charge is 0.484 e. The average Bonchev–Trinajstić information content (AvgIpc) is 2.80. The van der Waals surface area contributed by atoms with Crippen LogP contribution in [0.3, 0.4) is 0 Å². The number of aromatic nitrogens is 2. The van der Waals surface area contributed by atoms with Crippen molar-refractivity contribution < 1.29 is 9.26 Å². The molecule has 2 rings (SSSR count). The van der Waals surface area contributed by atoms with Crippen molar-refractivity contribution in [3.05, 3.63) is 40.0 Å². The summed E-state index contributed by atoms with van der Waals surface area (Å²) < 4.78 is 11.5. The van der Waals surface area contributed by atoms with Crippen LogP contribution in [-0.4, -0.2) is 15.7 Å². The standard InChI is InChI=1S/C15H20BrN3O2/c1-10-18-14(19-21-10)9-20-13-6-5-11(7-12(13)16)8-17-15(2,3)4/h5-7,17H,8-9H2,1-4H3. The van der Waals surface area contributed by atoms with Crippen LogP contribution in [0.25, 0.3) is 0 Å². The van der Waals surface area contributed by atoms with Gasteiger partial charge in [-0.25, -0.2) is 0 Å². The third-order valence-electron chi connectivity index (χ3n) is 2.75. The summed E-state index contributed by atoms with van der Waals surface area (Å²) >= 11 is 3.53. The molecule has 0 amide bonds. The molecule has 0 unspecified atom stereocenters. The Balaban J connectivity index is 1.95. The average molecular weight is 354 g/mol. The summed E-state index contributed by atoms with van der Waals surface area (Å²) in [5.41, 5.74) is 1.29. The van der Waals surface area contributed by atoms with Gasteiger partial charge in [-0.1, -0.05) is 11.2 Å². The van der Waals surface area contributed by atoms with Gasteiger partial charge in [-0.3, -0.25) is 0 Å². The Bertz CT molecular complexity index is 605. The van der Waals surface area contributed by atoms with Crippen LogP contribution in [0.5, 0.6) is 5.75 Å². The van der Waals surface area contributed by atoms with Gasteiger partial charge in [-0.05, 0) is 54.4 Å². The first kappa shape index (κ1) is 16.0. The number of ether oxygens (including phenoxy) is 1. The highest BCUT2D eigenvalue weighted by atomic mass is 79.9. The van der Waals surface area contributed by atoms with Gasteiger partial charge in [-0.2, -0.15) is 4.98 Å². The quantitative estimate of drug-likeness (QED) is 0.889. The molecule has 0 bridgehead atoms. The zero-order valence-electron chi connectivity index (χ0n) is 12.7. The molecule has 1 heterocycles. The van der Waals surface area contributed by atoms with Crippen LogP contribution in [0.1, 0.15) is 38.0 Å². The minimum absolute atomic E-state index is 0.0954. The molecule has 1 N–H and O–H groups in total. The van der Waals surface area contributed by atoms with E-state index in [2.05, 4.69) is 58.2 Å². The lowest BCUT2D eigenvalue weighted by atomic mass is 10.1. The van der Waals surface area contributed by atoms with E-state index in [4.69, 9.17) is 9.26 Å². The van der Waals surface area contributed by atoms with E-state index in [1.165, 1.54) is 5.56 Å². The fourth-order valence-corrected chi connectivity index (χ4v) is 2.22. The molecule has 1 aromatic carbocycles. The van der Waals surface area contributed by atoms with E-state index in [0.29, 0.717) is 11.7 Å². The van der Waals surface area contributed by atoms with Gasteiger partial charge in [0.2, 0.25) is 11.7 Å². The highest BCUT2D eigenvalue weighted by Crippen LogP contribution is 2.26. The molecule has 0 aliphatic rings. The molecule has 0 fully saturated rings. The van der Waals surface area contributed by atoms with Crippen LogP contribution >= 0.6 is 15.9 Å². The second-order valence-electron chi connectivity index (χ2n) is 5.89. The maximum atomic E-state index is 5.68. The number of aryl methyl sites for hydroxylation is 1. The lowest BCUT2D eigenvalue weighted by Gasteiger charge is -2.20. The maximum absolute atomic E-state index is 5.68. The Morgan fingerprint density at radius 3 is 2.67 bits per heavy atom. The molecule has 2 aromatic rings. The molecule has 0 saturated carbocycles. The number of hydrogen-bond acceptors (Lipinski definition) is 5. The SMILES string of the molecule is Cc1nc(COc2ccc(CNC(C)(C)C)cc2Br)no1. The number of halogens is 1. The van der Waals surface area contributed by atoms with Crippen molar-refractivity contribution in [3.63, 3.8) is 0 Å².